The summed E-state index contributed by atoms with van der Waals surface area (Å²) in [5.74, 6) is -0.158. The molecular weight excluding hydrogens is 453 g/mol. The van der Waals surface area contributed by atoms with Crippen LogP contribution in [0.3, 0.4) is 0 Å². The molecule has 0 unspecified atom stereocenters. The number of ether oxygens (including phenoxy) is 3. The zero-order chi connectivity index (χ0) is 22.7. The van der Waals surface area contributed by atoms with Crippen LogP contribution in [-0.2, 0) is 9.53 Å². The fourth-order valence-corrected chi connectivity index (χ4v) is 3.21. The first-order valence-electron chi connectivity index (χ1n) is 9.37. The molecule has 0 bridgehead atoms. The van der Waals surface area contributed by atoms with Crippen molar-refractivity contribution in [3.63, 3.8) is 0 Å². The Kier molecular flexibility index (Phi) is 6.25. The number of carbonyl (C=O) groups is 2. The van der Waals surface area contributed by atoms with E-state index in [-0.39, 0.29) is 11.6 Å². The number of hydrogen-bond donors (Lipinski definition) is 0. The molecule has 0 saturated carbocycles. The monoisotopic (exact) mass is 467 g/mol. The van der Waals surface area contributed by atoms with Gasteiger partial charge in [0.15, 0.2) is 5.70 Å². The molecule has 1 aliphatic rings. The third kappa shape index (κ3) is 4.82. The number of esters is 2. The zero-order valence-corrected chi connectivity index (χ0v) is 18.2. The molecule has 0 fully saturated rings. The lowest BCUT2D eigenvalue weighted by atomic mass is 10.2. The molecule has 160 valence electrons. The largest absolute Gasteiger partial charge is 0.496 e. The molecule has 0 atom stereocenters. The van der Waals surface area contributed by atoms with Gasteiger partial charge in [0.05, 0.1) is 18.2 Å². The molecule has 0 saturated heterocycles. The third-order valence-corrected chi connectivity index (χ3v) is 4.97. The van der Waals surface area contributed by atoms with Crippen LogP contribution in [0.25, 0.3) is 6.08 Å². The number of rotatable bonds is 5. The van der Waals surface area contributed by atoms with Gasteiger partial charge in [-0.25, -0.2) is 14.6 Å². The van der Waals surface area contributed by atoms with E-state index in [0.29, 0.717) is 38.2 Å². The number of benzene rings is 3. The Hall–Kier alpha value is -3.61. The van der Waals surface area contributed by atoms with E-state index in [0.717, 1.165) is 0 Å². The summed E-state index contributed by atoms with van der Waals surface area (Å²) in [7, 11) is 1.50. The fourth-order valence-electron chi connectivity index (χ4n) is 2.91. The minimum Gasteiger partial charge on any atom is -0.496 e. The molecule has 0 amide bonds. The maximum atomic E-state index is 12.3. The third-order valence-electron chi connectivity index (χ3n) is 4.49. The lowest BCUT2D eigenvalue weighted by molar-refractivity contribution is -0.129. The van der Waals surface area contributed by atoms with Gasteiger partial charge in [0.1, 0.15) is 11.5 Å². The summed E-state index contributed by atoms with van der Waals surface area (Å²) >= 11 is 11.9. The average molecular weight is 468 g/mol. The van der Waals surface area contributed by atoms with Crippen LogP contribution in [0.4, 0.5) is 0 Å². The molecule has 4 rings (SSSR count). The summed E-state index contributed by atoms with van der Waals surface area (Å²) in [6.45, 7) is 0. The van der Waals surface area contributed by atoms with Gasteiger partial charge in [0, 0.05) is 10.0 Å². The van der Waals surface area contributed by atoms with Crippen LogP contribution in [0.5, 0.6) is 11.5 Å². The van der Waals surface area contributed by atoms with Crippen molar-refractivity contribution >= 4 is 47.1 Å². The lowest BCUT2D eigenvalue weighted by Gasteiger charge is -2.07. The van der Waals surface area contributed by atoms with Crippen LogP contribution in [-0.4, -0.2) is 24.9 Å². The van der Waals surface area contributed by atoms with Gasteiger partial charge in [0.25, 0.3) is 0 Å². The van der Waals surface area contributed by atoms with Gasteiger partial charge in [-0.05, 0) is 66.2 Å². The quantitative estimate of drug-likeness (QED) is 0.278. The smallest absolute Gasteiger partial charge is 0.363 e. The van der Waals surface area contributed by atoms with E-state index in [4.69, 9.17) is 37.4 Å². The van der Waals surface area contributed by atoms with E-state index in [9.17, 15) is 9.59 Å². The molecule has 0 radical (unpaired) electrons. The molecule has 1 aliphatic heterocycles. The van der Waals surface area contributed by atoms with E-state index < -0.39 is 11.9 Å². The first-order chi connectivity index (χ1) is 15.4. The van der Waals surface area contributed by atoms with Crippen LogP contribution in [0, 0.1) is 0 Å². The number of cyclic esters (lactones) is 1. The van der Waals surface area contributed by atoms with E-state index >= 15 is 0 Å². The van der Waals surface area contributed by atoms with Gasteiger partial charge in [-0.3, -0.25) is 0 Å². The highest BCUT2D eigenvalue weighted by Gasteiger charge is 2.26. The number of nitrogens with zero attached hydrogens (tertiary/aromatic N) is 1. The Morgan fingerprint density at radius 2 is 1.66 bits per heavy atom. The molecule has 0 aromatic heterocycles. The summed E-state index contributed by atoms with van der Waals surface area (Å²) < 4.78 is 15.9. The van der Waals surface area contributed by atoms with Crippen LogP contribution < -0.4 is 9.47 Å². The molecular formula is C24H15Cl2NO5. The van der Waals surface area contributed by atoms with Gasteiger partial charge < -0.3 is 14.2 Å². The zero-order valence-electron chi connectivity index (χ0n) is 16.7. The van der Waals surface area contributed by atoms with Crippen LogP contribution in [0.15, 0.2) is 77.4 Å². The van der Waals surface area contributed by atoms with Crippen molar-refractivity contribution in [3.8, 4) is 11.5 Å². The minimum absolute atomic E-state index is 0.106. The number of hydrogen-bond acceptors (Lipinski definition) is 6. The molecule has 6 nitrogen and oxygen atoms in total. The first kappa shape index (κ1) is 21.6. The van der Waals surface area contributed by atoms with Crippen molar-refractivity contribution in [2.75, 3.05) is 7.11 Å². The Morgan fingerprint density at radius 3 is 2.34 bits per heavy atom. The second-order valence-corrected chi connectivity index (χ2v) is 7.52. The van der Waals surface area contributed by atoms with Crippen molar-refractivity contribution in [2.45, 2.75) is 0 Å². The molecule has 3 aromatic carbocycles. The highest BCUT2D eigenvalue weighted by molar-refractivity contribution is 6.31. The van der Waals surface area contributed by atoms with Gasteiger partial charge in [0.2, 0.25) is 5.90 Å². The van der Waals surface area contributed by atoms with Crippen LogP contribution in [0.2, 0.25) is 10.0 Å². The summed E-state index contributed by atoms with van der Waals surface area (Å²) in [5, 5.41) is 0.990. The van der Waals surface area contributed by atoms with Crippen molar-refractivity contribution in [1.29, 1.82) is 0 Å². The predicted octanol–water partition coefficient (Wildman–Crippen LogP) is 5.57. The maximum Gasteiger partial charge on any atom is 0.363 e. The second-order valence-electron chi connectivity index (χ2n) is 6.65. The summed E-state index contributed by atoms with van der Waals surface area (Å²) in [6, 6.07) is 18.0. The molecule has 8 heteroatoms. The fraction of sp³-hybridized carbons (Fsp3) is 0.0417. The Balaban J connectivity index is 1.51. The van der Waals surface area contributed by atoms with Crippen LogP contribution >= 0.6 is 23.2 Å². The SMILES string of the molecule is COc1ccc(Cl)cc1C1=N/C(=C\c2ccc(OC(=O)c3ccc(Cl)cc3)cc2)C(=O)O1. The number of halogens is 2. The molecule has 0 aliphatic carbocycles. The normalized spacial score (nSPS) is 14.2. The Bertz CT molecular complexity index is 1250. The van der Waals surface area contributed by atoms with Crippen molar-refractivity contribution in [3.05, 3.63) is 99.2 Å². The number of aliphatic imine (C=N–C) groups is 1. The summed E-state index contributed by atoms with van der Waals surface area (Å²) in [5.41, 5.74) is 1.65. The number of carbonyl (C=O) groups excluding carboxylic acids is 2. The minimum atomic E-state index is -0.597. The second kappa shape index (κ2) is 9.26. The van der Waals surface area contributed by atoms with Crippen molar-refractivity contribution in [1.82, 2.24) is 0 Å². The number of methoxy groups -OCH3 is 1. The summed E-state index contributed by atoms with van der Waals surface area (Å²) in [6.07, 6.45) is 1.57. The van der Waals surface area contributed by atoms with Gasteiger partial charge in [-0.2, -0.15) is 0 Å². The van der Waals surface area contributed by atoms with Crippen LogP contribution in [0.1, 0.15) is 21.5 Å². The van der Waals surface area contributed by atoms with Gasteiger partial charge >= 0.3 is 11.9 Å². The topological polar surface area (TPSA) is 74.2 Å². The van der Waals surface area contributed by atoms with Crippen molar-refractivity contribution < 1.29 is 23.8 Å². The molecule has 3 aromatic rings. The maximum absolute atomic E-state index is 12.3. The Labute approximate surface area is 193 Å². The van der Waals surface area contributed by atoms with E-state index in [1.165, 1.54) is 7.11 Å². The van der Waals surface area contributed by atoms with Gasteiger partial charge in [-0.15, -0.1) is 0 Å². The standard InChI is InChI=1S/C24H15Cl2NO5/c1-30-21-11-8-17(26)13-19(21)22-27-20(24(29)32-22)12-14-2-9-18(10-3-14)31-23(28)15-4-6-16(25)7-5-15/h2-13H,1H3/b20-12-. The summed E-state index contributed by atoms with van der Waals surface area (Å²) in [4.78, 5) is 28.8. The highest BCUT2D eigenvalue weighted by Crippen LogP contribution is 2.28. The van der Waals surface area contributed by atoms with Crippen molar-refractivity contribution in [2.24, 2.45) is 4.99 Å². The molecule has 0 N–H and O–H groups in total. The van der Waals surface area contributed by atoms with Gasteiger partial charge in [-0.1, -0.05) is 35.3 Å². The predicted molar refractivity (Wildman–Crippen MR) is 121 cm³/mol. The lowest BCUT2D eigenvalue weighted by Crippen LogP contribution is -2.08. The Morgan fingerprint density at radius 1 is 0.969 bits per heavy atom. The first-order valence-corrected chi connectivity index (χ1v) is 10.1. The average Bonchev–Trinajstić information content (AvgIpc) is 3.15. The molecule has 0 spiro atoms. The van der Waals surface area contributed by atoms with E-state index in [2.05, 4.69) is 4.99 Å². The van der Waals surface area contributed by atoms with E-state index in [1.54, 1.807) is 72.8 Å². The molecule has 32 heavy (non-hydrogen) atoms. The van der Waals surface area contributed by atoms with E-state index in [1.807, 2.05) is 0 Å². The highest BCUT2D eigenvalue weighted by atomic mass is 35.5. The molecule has 1 heterocycles.